The van der Waals surface area contributed by atoms with E-state index >= 15 is 0 Å². The van der Waals surface area contributed by atoms with Gasteiger partial charge in [-0.1, -0.05) is 54.2 Å². The molecule has 0 N–H and O–H groups in total. The van der Waals surface area contributed by atoms with Crippen LogP contribution in [0.4, 0.5) is 0 Å². The Morgan fingerprint density at radius 1 is 0.739 bits per heavy atom. The summed E-state index contributed by atoms with van der Waals surface area (Å²) in [4.78, 5) is 0. The topological polar surface area (TPSA) is 18.5 Å². The minimum atomic E-state index is 0.790. The molecule has 2 rings (SSSR count). The zero-order valence-corrected chi connectivity index (χ0v) is 15.6. The Kier molecular flexibility index (Phi) is 8.30. The fourth-order valence-electron chi connectivity index (χ4n) is 2.46. The average molecular weight is 379 g/mol. The molecule has 2 aromatic rings. The van der Waals surface area contributed by atoms with Gasteiger partial charge in [0, 0.05) is 5.33 Å². The van der Waals surface area contributed by atoms with Crippen molar-refractivity contribution < 1.29 is 9.47 Å². The molecule has 0 fully saturated rings. The number of alkyl halides is 1. The largest absolute Gasteiger partial charge is 0.494 e. The molecule has 0 spiro atoms. The van der Waals surface area contributed by atoms with E-state index in [1.165, 1.54) is 30.0 Å². The molecule has 0 aliphatic rings. The molecule has 0 saturated carbocycles. The van der Waals surface area contributed by atoms with Crippen LogP contribution < -0.4 is 9.47 Å². The number of benzene rings is 2. The molecule has 0 atom stereocenters. The number of halogens is 1. The second-order valence-corrected chi connectivity index (χ2v) is 6.62. The highest BCUT2D eigenvalue weighted by Gasteiger charge is 2.01. The van der Waals surface area contributed by atoms with Crippen LogP contribution in [-0.4, -0.2) is 18.5 Å². The van der Waals surface area contributed by atoms with Crippen LogP contribution in [0.25, 0.3) is 10.8 Å². The fraction of sp³-hybridized carbons (Fsp3) is 0.500. The van der Waals surface area contributed by atoms with Gasteiger partial charge in [-0.25, -0.2) is 0 Å². The van der Waals surface area contributed by atoms with E-state index in [9.17, 15) is 0 Å². The summed E-state index contributed by atoms with van der Waals surface area (Å²) in [5, 5.41) is 3.50. The van der Waals surface area contributed by atoms with E-state index in [4.69, 9.17) is 9.47 Å². The van der Waals surface area contributed by atoms with Crippen LogP contribution in [0.1, 0.15) is 45.4 Å². The van der Waals surface area contributed by atoms with Gasteiger partial charge in [-0.3, -0.25) is 0 Å². The average Bonchev–Trinajstić information content (AvgIpc) is 2.58. The molecule has 0 bridgehead atoms. The lowest BCUT2D eigenvalue weighted by atomic mass is 10.1. The quantitative estimate of drug-likeness (QED) is 0.334. The van der Waals surface area contributed by atoms with E-state index in [1.807, 2.05) is 6.07 Å². The molecule has 0 aliphatic carbocycles. The number of unbranched alkanes of at least 4 members (excludes halogenated alkanes) is 4. The maximum Gasteiger partial charge on any atom is 0.119 e. The van der Waals surface area contributed by atoms with Crippen LogP contribution in [0.5, 0.6) is 11.5 Å². The van der Waals surface area contributed by atoms with Crippen LogP contribution in [0.2, 0.25) is 0 Å². The summed E-state index contributed by atoms with van der Waals surface area (Å²) in [6.07, 6.45) is 7.13. The van der Waals surface area contributed by atoms with Crippen molar-refractivity contribution >= 4 is 26.7 Å². The molecule has 0 aliphatic heterocycles. The predicted octanol–water partition coefficient (Wildman–Crippen LogP) is 6.35. The SMILES string of the molecule is CCCCOc1ccc2cc(OCCCCCCBr)ccc2c1. The summed E-state index contributed by atoms with van der Waals surface area (Å²) in [6, 6.07) is 12.5. The zero-order chi connectivity index (χ0) is 16.3. The maximum absolute atomic E-state index is 5.86. The Labute approximate surface area is 148 Å². The normalized spacial score (nSPS) is 10.9. The van der Waals surface area contributed by atoms with Crippen LogP contribution in [0, 0.1) is 0 Å². The van der Waals surface area contributed by atoms with Gasteiger partial charge in [0.2, 0.25) is 0 Å². The number of hydrogen-bond acceptors (Lipinski definition) is 2. The molecule has 2 aromatic carbocycles. The van der Waals surface area contributed by atoms with Crippen molar-refractivity contribution in [2.45, 2.75) is 45.4 Å². The van der Waals surface area contributed by atoms with Crippen molar-refractivity contribution in [1.29, 1.82) is 0 Å². The first-order valence-electron chi connectivity index (χ1n) is 8.69. The first-order valence-corrected chi connectivity index (χ1v) is 9.81. The molecular weight excluding hydrogens is 352 g/mol. The molecular formula is C20H27BrO2. The fourth-order valence-corrected chi connectivity index (χ4v) is 2.85. The minimum absolute atomic E-state index is 0.790. The van der Waals surface area contributed by atoms with Crippen molar-refractivity contribution in [1.82, 2.24) is 0 Å². The molecule has 126 valence electrons. The molecule has 0 amide bonds. The molecule has 0 radical (unpaired) electrons. The van der Waals surface area contributed by atoms with Gasteiger partial charge < -0.3 is 9.47 Å². The first kappa shape index (κ1) is 18.1. The molecule has 2 nitrogen and oxygen atoms in total. The molecule has 0 saturated heterocycles. The van der Waals surface area contributed by atoms with Gasteiger partial charge in [0.15, 0.2) is 0 Å². The Bertz CT molecular complexity index is 583. The molecule has 0 heterocycles. The van der Waals surface area contributed by atoms with E-state index in [-0.39, 0.29) is 0 Å². The second kappa shape index (κ2) is 10.5. The molecule has 0 aromatic heterocycles. The van der Waals surface area contributed by atoms with Crippen LogP contribution >= 0.6 is 15.9 Å². The Morgan fingerprint density at radius 2 is 1.30 bits per heavy atom. The summed E-state index contributed by atoms with van der Waals surface area (Å²) in [5.41, 5.74) is 0. The van der Waals surface area contributed by atoms with Gasteiger partial charge in [0.05, 0.1) is 13.2 Å². The minimum Gasteiger partial charge on any atom is -0.494 e. The van der Waals surface area contributed by atoms with Crippen LogP contribution in [-0.2, 0) is 0 Å². The van der Waals surface area contributed by atoms with Crippen molar-refractivity contribution in [3.63, 3.8) is 0 Å². The number of hydrogen-bond donors (Lipinski definition) is 0. The standard InChI is InChI=1S/C20H27BrO2/c1-2-3-13-22-19-10-8-18-16-20(11-9-17(18)15-19)23-14-7-5-4-6-12-21/h8-11,15-16H,2-7,12-14H2,1H3. The summed E-state index contributed by atoms with van der Waals surface area (Å²) >= 11 is 3.46. The first-order chi connectivity index (χ1) is 11.3. The third-order valence-corrected chi connectivity index (χ3v) is 4.41. The Morgan fingerprint density at radius 3 is 1.87 bits per heavy atom. The van der Waals surface area contributed by atoms with Gasteiger partial charge in [0.25, 0.3) is 0 Å². The van der Waals surface area contributed by atoms with E-state index < -0.39 is 0 Å². The van der Waals surface area contributed by atoms with E-state index in [2.05, 4.69) is 53.2 Å². The lowest BCUT2D eigenvalue weighted by Gasteiger charge is -2.09. The highest BCUT2D eigenvalue weighted by molar-refractivity contribution is 9.09. The summed E-state index contributed by atoms with van der Waals surface area (Å²) in [7, 11) is 0. The van der Waals surface area contributed by atoms with Gasteiger partial charge in [-0.05, 0) is 54.3 Å². The highest BCUT2D eigenvalue weighted by atomic mass is 79.9. The Hall–Kier alpha value is -1.22. The highest BCUT2D eigenvalue weighted by Crippen LogP contribution is 2.25. The van der Waals surface area contributed by atoms with Crippen molar-refractivity contribution in [3.05, 3.63) is 36.4 Å². The molecule has 23 heavy (non-hydrogen) atoms. The van der Waals surface area contributed by atoms with Gasteiger partial charge in [0.1, 0.15) is 11.5 Å². The third-order valence-electron chi connectivity index (χ3n) is 3.85. The maximum atomic E-state index is 5.86. The Balaban J connectivity index is 1.85. The van der Waals surface area contributed by atoms with Crippen LogP contribution in [0.3, 0.4) is 0 Å². The summed E-state index contributed by atoms with van der Waals surface area (Å²) < 4.78 is 11.6. The summed E-state index contributed by atoms with van der Waals surface area (Å²) in [5.74, 6) is 1.91. The second-order valence-electron chi connectivity index (χ2n) is 5.82. The summed E-state index contributed by atoms with van der Waals surface area (Å²) in [6.45, 7) is 3.76. The van der Waals surface area contributed by atoms with Gasteiger partial charge in [-0.2, -0.15) is 0 Å². The lowest BCUT2D eigenvalue weighted by molar-refractivity contribution is 0.305. The van der Waals surface area contributed by atoms with Crippen molar-refractivity contribution in [2.24, 2.45) is 0 Å². The van der Waals surface area contributed by atoms with E-state index in [0.717, 1.165) is 49.3 Å². The molecule has 0 unspecified atom stereocenters. The number of ether oxygens (including phenoxy) is 2. The zero-order valence-electron chi connectivity index (χ0n) is 14.0. The molecule has 3 heteroatoms. The van der Waals surface area contributed by atoms with Crippen LogP contribution in [0.15, 0.2) is 36.4 Å². The lowest BCUT2D eigenvalue weighted by Crippen LogP contribution is -1.98. The third kappa shape index (κ3) is 6.42. The van der Waals surface area contributed by atoms with Gasteiger partial charge >= 0.3 is 0 Å². The number of fused-ring (bicyclic) bond motifs is 1. The van der Waals surface area contributed by atoms with Crippen molar-refractivity contribution in [2.75, 3.05) is 18.5 Å². The smallest absolute Gasteiger partial charge is 0.119 e. The number of rotatable bonds is 11. The van der Waals surface area contributed by atoms with E-state index in [1.54, 1.807) is 0 Å². The van der Waals surface area contributed by atoms with Crippen molar-refractivity contribution in [3.8, 4) is 11.5 Å². The van der Waals surface area contributed by atoms with Gasteiger partial charge in [-0.15, -0.1) is 0 Å². The predicted molar refractivity (Wildman–Crippen MR) is 102 cm³/mol. The van der Waals surface area contributed by atoms with E-state index in [0.29, 0.717) is 0 Å². The monoisotopic (exact) mass is 378 g/mol.